The molecule has 2 aromatic heterocycles. The third kappa shape index (κ3) is 9.83. The van der Waals surface area contributed by atoms with E-state index < -0.39 is 17.7 Å². The predicted molar refractivity (Wildman–Crippen MR) is 159 cm³/mol. The van der Waals surface area contributed by atoms with Crippen LogP contribution in [0.5, 0.6) is 5.75 Å². The largest absolute Gasteiger partial charge is 0.433 e. The van der Waals surface area contributed by atoms with E-state index in [9.17, 15) is 23.1 Å². The molecule has 0 aliphatic heterocycles. The monoisotopic (exact) mass is 587 g/mol. The summed E-state index contributed by atoms with van der Waals surface area (Å²) >= 11 is 0. The van der Waals surface area contributed by atoms with E-state index in [4.69, 9.17) is 5.41 Å². The van der Waals surface area contributed by atoms with Gasteiger partial charge in [0.2, 0.25) is 0 Å². The molecular formula is C31H40F3N5O3. The molecule has 0 bridgehead atoms. The molecular weight excluding hydrogens is 547 g/mol. The Morgan fingerprint density at radius 2 is 1.81 bits per heavy atom. The predicted octanol–water partition coefficient (Wildman–Crippen LogP) is 7.56. The number of nitrogens with one attached hydrogen (secondary N) is 2. The minimum atomic E-state index is -3.26. The van der Waals surface area contributed by atoms with Crippen molar-refractivity contribution in [3.05, 3.63) is 66.9 Å². The highest BCUT2D eigenvalue weighted by atomic mass is 19.3. The van der Waals surface area contributed by atoms with Crippen LogP contribution in [-0.4, -0.2) is 44.1 Å². The van der Waals surface area contributed by atoms with Crippen molar-refractivity contribution in [2.24, 2.45) is 11.8 Å². The lowest BCUT2D eigenvalue weighted by Crippen LogP contribution is -2.19. The van der Waals surface area contributed by atoms with E-state index in [-0.39, 0.29) is 24.2 Å². The number of pyridine rings is 1. The summed E-state index contributed by atoms with van der Waals surface area (Å²) < 4.78 is 44.4. The molecule has 0 aliphatic rings. The highest BCUT2D eigenvalue weighted by Gasteiger charge is 2.24. The second-order valence-corrected chi connectivity index (χ2v) is 9.86. The molecule has 0 saturated carbocycles. The fourth-order valence-corrected chi connectivity index (χ4v) is 4.10. The number of benzene rings is 1. The summed E-state index contributed by atoms with van der Waals surface area (Å²) in [6.45, 7) is 11.6. The summed E-state index contributed by atoms with van der Waals surface area (Å²) in [6, 6.07) is 8.00. The van der Waals surface area contributed by atoms with Crippen LogP contribution in [0, 0.1) is 17.2 Å². The first-order chi connectivity index (χ1) is 19.8. The zero-order valence-electron chi connectivity index (χ0n) is 24.8. The smallest absolute Gasteiger partial charge is 0.394 e. The molecule has 0 saturated heterocycles. The SMILES string of the molecule is C=C(F)C(=O)C(C)CC.CCC(CC)C(=N)c1c(-c2cnn(CCO)c2)ccnc1Nc1ccc(OC(C)(F)F)cc1. The number of alkyl halides is 2. The Hall–Kier alpha value is -3.99. The normalized spacial score (nSPS) is 11.9. The summed E-state index contributed by atoms with van der Waals surface area (Å²) in [6.07, 6.45) is 4.21. The zero-order chi connectivity index (χ0) is 31.4. The highest BCUT2D eigenvalue weighted by molar-refractivity contribution is 6.09. The minimum Gasteiger partial charge on any atom is -0.433 e. The van der Waals surface area contributed by atoms with Gasteiger partial charge in [-0.3, -0.25) is 9.48 Å². The summed E-state index contributed by atoms with van der Waals surface area (Å²) in [5, 5.41) is 25.7. The molecule has 3 N–H and O–H groups in total. The molecule has 228 valence electrons. The lowest BCUT2D eigenvalue weighted by atomic mass is 9.88. The van der Waals surface area contributed by atoms with Crippen LogP contribution < -0.4 is 10.1 Å². The first-order valence-corrected chi connectivity index (χ1v) is 13.9. The maximum Gasteiger partial charge on any atom is 0.394 e. The summed E-state index contributed by atoms with van der Waals surface area (Å²) in [5.41, 5.74) is 3.37. The number of aromatic nitrogens is 3. The van der Waals surface area contributed by atoms with E-state index in [1.165, 1.54) is 12.1 Å². The molecule has 42 heavy (non-hydrogen) atoms. The number of rotatable bonds is 14. The topological polar surface area (TPSA) is 113 Å². The second kappa shape index (κ2) is 15.9. The molecule has 2 heterocycles. The van der Waals surface area contributed by atoms with Gasteiger partial charge in [-0.25, -0.2) is 9.37 Å². The molecule has 0 fully saturated rings. The third-order valence-corrected chi connectivity index (χ3v) is 6.63. The van der Waals surface area contributed by atoms with Gasteiger partial charge in [0.1, 0.15) is 11.6 Å². The fourth-order valence-electron chi connectivity index (χ4n) is 4.10. The number of hydrogen-bond acceptors (Lipinski definition) is 7. The van der Waals surface area contributed by atoms with Gasteiger partial charge >= 0.3 is 6.11 Å². The van der Waals surface area contributed by atoms with Crippen molar-refractivity contribution < 1.29 is 27.8 Å². The number of allylic oxidation sites excluding steroid dienone is 1. The Labute approximate surface area is 245 Å². The average molecular weight is 588 g/mol. The first-order valence-electron chi connectivity index (χ1n) is 13.9. The van der Waals surface area contributed by atoms with E-state index in [2.05, 4.69) is 26.7 Å². The second-order valence-electron chi connectivity index (χ2n) is 9.86. The van der Waals surface area contributed by atoms with Gasteiger partial charge in [0.25, 0.3) is 0 Å². The number of carbonyl (C=O) groups excluding carboxylic acids is 1. The Morgan fingerprint density at radius 3 is 2.31 bits per heavy atom. The van der Waals surface area contributed by atoms with Gasteiger partial charge in [0.05, 0.1) is 19.3 Å². The van der Waals surface area contributed by atoms with E-state index in [0.29, 0.717) is 42.7 Å². The summed E-state index contributed by atoms with van der Waals surface area (Å²) in [4.78, 5) is 15.1. The van der Waals surface area contributed by atoms with E-state index in [1.807, 2.05) is 33.0 Å². The van der Waals surface area contributed by atoms with Crippen molar-refractivity contribution >= 4 is 23.0 Å². The number of halogens is 3. The Kier molecular flexibility index (Phi) is 12.9. The van der Waals surface area contributed by atoms with Gasteiger partial charge in [0, 0.05) is 53.7 Å². The first kappa shape index (κ1) is 34.2. The number of hydrogen-bond donors (Lipinski definition) is 3. The van der Waals surface area contributed by atoms with Gasteiger partial charge in [-0.15, -0.1) is 0 Å². The van der Waals surface area contributed by atoms with E-state index in [0.717, 1.165) is 24.0 Å². The molecule has 11 heteroatoms. The molecule has 8 nitrogen and oxygen atoms in total. The number of aliphatic hydroxyl groups excluding tert-OH is 1. The van der Waals surface area contributed by atoms with Gasteiger partial charge in [0.15, 0.2) is 11.6 Å². The number of ether oxygens (including phenoxy) is 1. The lowest BCUT2D eigenvalue weighted by Gasteiger charge is -2.20. The lowest BCUT2D eigenvalue weighted by molar-refractivity contribution is -0.158. The Balaban J connectivity index is 0.000000592. The molecule has 1 aromatic carbocycles. The van der Waals surface area contributed by atoms with Crippen LogP contribution in [0.3, 0.4) is 0 Å². The van der Waals surface area contributed by atoms with Gasteiger partial charge in [-0.2, -0.15) is 13.9 Å². The van der Waals surface area contributed by atoms with Crippen LogP contribution in [0.15, 0.2) is 61.3 Å². The number of nitrogens with zero attached hydrogens (tertiary/aromatic N) is 3. The quantitative estimate of drug-likeness (QED) is 0.133. The van der Waals surface area contributed by atoms with Crippen LogP contribution in [0.25, 0.3) is 11.1 Å². The highest BCUT2D eigenvalue weighted by Crippen LogP contribution is 2.33. The van der Waals surface area contributed by atoms with Crippen molar-refractivity contribution in [1.29, 1.82) is 5.41 Å². The Morgan fingerprint density at radius 1 is 1.17 bits per heavy atom. The molecule has 0 aliphatic carbocycles. The number of carbonyl (C=O) groups is 1. The van der Waals surface area contributed by atoms with Crippen molar-refractivity contribution in [2.45, 2.75) is 66.5 Å². The van der Waals surface area contributed by atoms with E-state index in [1.54, 1.807) is 36.1 Å². The number of aliphatic hydroxyl groups is 1. The molecule has 1 unspecified atom stereocenters. The minimum absolute atomic E-state index is 0.0234. The maximum atomic E-state index is 13.1. The number of anilines is 2. The van der Waals surface area contributed by atoms with Crippen molar-refractivity contribution in [3.63, 3.8) is 0 Å². The van der Waals surface area contributed by atoms with Crippen molar-refractivity contribution in [2.75, 3.05) is 11.9 Å². The van der Waals surface area contributed by atoms with E-state index >= 15 is 0 Å². The summed E-state index contributed by atoms with van der Waals surface area (Å²) in [7, 11) is 0. The van der Waals surface area contributed by atoms with Crippen LogP contribution in [0.4, 0.5) is 24.7 Å². The van der Waals surface area contributed by atoms with Crippen LogP contribution >= 0.6 is 0 Å². The molecule has 1 atom stereocenters. The molecule has 0 spiro atoms. The number of ketones is 1. The van der Waals surface area contributed by atoms with Crippen LogP contribution in [-0.2, 0) is 11.3 Å². The third-order valence-electron chi connectivity index (χ3n) is 6.63. The zero-order valence-corrected chi connectivity index (χ0v) is 24.8. The van der Waals surface area contributed by atoms with Crippen LogP contribution in [0.2, 0.25) is 0 Å². The van der Waals surface area contributed by atoms with Gasteiger partial charge in [-0.1, -0.05) is 34.3 Å². The van der Waals surface area contributed by atoms with Crippen molar-refractivity contribution in [3.8, 4) is 16.9 Å². The maximum absolute atomic E-state index is 13.1. The molecule has 3 rings (SSSR count). The molecule has 0 amide bonds. The molecule has 3 aromatic rings. The molecule has 0 radical (unpaired) electrons. The van der Waals surface area contributed by atoms with Gasteiger partial charge < -0.3 is 20.6 Å². The summed E-state index contributed by atoms with van der Waals surface area (Å²) in [5.74, 6) is -0.933. The standard InChI is InChI=1S/C24H29F2N5O2.C7H11FO/c1-4-16(5-2)22(27)21-20(17-14-29-31(15-17)12-13-32)10-11-28-23(21)30-18-6-8-19(9-7-18)33-24(3,25)26;1-4-5(2)7(9)6(3)8/h6-11,14-16,27,32H,4-5,12-13H2,1-3H3,(H,28,30);5H,3-4H2,1-2H3. The van der Waals surface area contributed by atoms with Crippen LogP contribution in [0.1, 0.15) is 59.4 Å². The average Bonchev–Trinajstić information content (AvgIpc) is 3.42. The Bertz CT molecular complexity index is 1330. The fraction of sp³-hybridized carbons (Fsp3) is 0.419. The number of Topliss-reactive ketones (excluding diaryl/α,β-unsaturated/α-hetero) is 1. The van der Waals surface area contributed by atoms with Gasteiger partial charge in [-0.05, 0) is 55.2 Å². The van der Waals surface area contributed by atoms with Crippen molar-refractivity contribution in [1.82, 2.24) is 14.8 Å².